The van der Waals surface area contributed by atoms with E-state index in [1.54, 1.807) is 11.8 Å². The number of hydrogen-bond acceptors (Lipinski definition) is 2. The van der Waals surface area contributed by atoms with Gasteiger partial charge >= 0.3 is 0 Å². The zero-order valence-corrected chi connectivity index (χ0v) is 13.8. The number of anilines is 1. The zero-order valence-electron chi connectivity index (χ0n) is 12.9. The predicted octanol–water partition coefficient (Wildman–Crippen LogP) is 4.73. The van der Waals surface area contributed by atoms with Gasteiger partial charge in [0.15, 0.2) is 0 Å². The third kappa shape index (κ3) is 4.36. The Bertz CT molecular complexity index is 634. The minimum absolute atomic E-state index is 0.0313. The zero-order chi connectivity index (χ0) is 15.4. The first-order chi connectivity index (χ1) is 9.95. The van der Waals surface area contributed by atoms with E-state index in [0.717, 1.165) is 10.6 Å². The maximum atomic E-state index is 12.2. The molecule has 2 rings (SSSR count). The lowest BCUT2D eigenvalue weighted by Crippen LogP contribution is -2.22. The molecule has 110 valence electrons. The highest BCUT2D eigenvalue weighted by atomic mass is 32.2. The van der Waals surface area contributed by atoms with Gasteiger partial charge in [-0.15, -0.1) is 11.8 Å². The van der Waals surface area contributed by atoms with Gasteiger partial charge in [0, 0.05) is 10.6 Å². The maximum absolute atomic E-state index is 12.2. The molecule has 1 atom stereocenters. The number of carbonyl (C=O) groups excluding carboxylic acids is 1. The van der Waals surface area contributed by atoms with Crippen molar-refractivity contribution in [2.45, 2.75) is 37.8 Å². The average molecular weight is 299 g/mol. The highest BCUT2D eigenvalue weighted by Crippen LogP contribution is 2.24. The first-order valence-corrected chi connectivity index (χ1v) is 7.95. The molecule has 0 radical (unpaired) electrons. The van der Waals surface area contributed by atoms with Gasteiger partial charge in [-0.2, -0.15) is 0 Å². The molecule has 0 fully saturated rings. The second kappa shape index (κ2) is 6.81. The second-order valence-electron chi connectivity index (χ2n) is 5.36. The highest BCUT2D eigenvalue weighted by Gasteiger charge is 2.14. The molecule has 1 amide bonds. The number of amides is 1. The fourth-order valence-corrected chi connectivity index (χ4v) is 2.80. The molecule has 21 heavy (non-hydrogen) atoms. The number of aryl methyl sites for hydroxylation is 3. The van der Waals surface area contributed by atoms with Gasteiger partial charge in [-0.1, -0.05) is 23.8 Å². The van der Waals surface area contributed by atoms with Gasteiger partial charge < -0.3 is 5.32 Å². The summed E-state index contributed by atoms with van der Waals surface area (Å²) in [5, 5.41) is 2.85. The topological polar surface area (TPSA) is 29.1 Å². The van der Waals surface area contributed by atoms with E-state index in [9.17, 15) is 4.79 Å². The van der Waals surface area contributed by atoms with Gasteiger partial charge in [-0.3, -0.25) is 4.79 Å². The number of benzene rings is 2. The highest BCUT2D eigenvalue weighted by molar-refractivity contribution is 8.00. The lowest BCUT2D eigenvalue weighted by molar-refractivity contribution is -0.115. The van der Waals surface area contributed by atoms with E-state index in [1.807, 2.05) is 25.1 Å². The Morgan fingerprint density at radius 3 is 2.29 bits per heavy atom. The summed E-state index contributed by atoms with van der Waals surface area (Å²) in [5.41, 5.74) is 4.51. The molecule has 3 heteroatoms. The van der Waals surface area contributed by atoms with Crippen molar-refractivity contribution in [1.82, 2.24) is 0 Å². The summed E-state index contributed by atoms with van der Waals surface area (Å²) in [6.45, 7) is 8.11. The van der Waals surface area contributed by atoms with Crippen LogP contribution in [0.15, 0.2) is 47.4 Å². The summed E-state index contributed by atoms with van der Waals surface area (Å²) < 4.78 is 0. The molecule has 0 heterocycles. The molecule has 2 aromatic carbocycles. The second-order valence-corrected chi connectivity index (χ2v) is 6.78. The van der Waals surface area contributed by atoms with Crippen LogP contribution < -0.4 is 5.32 Å². The van der Waals surface area contributed by atoms with Crippen LogP contribution in [0.3, 0.4) is 0 Å². The Labute approximate surface area is 131 Å². The SMILES string of the molecule is Cc1ccc(S[C@@H](C)C(=O)Nc2ccc(C)c(C)c2)cc1. The third-order valence-corrected chi connectivity index (χ3v) is 4.59. The van der Waals surface area contributed by atoms with Crippen molar-refractivity contribution in [2.24, 2.45) is 0 Å². The van der Waals surface area contributed by atoms with Crippen LogP contribution in [0, 0.1) is 20.8 Å². The van der Waals surface area contributed by atoms with E-state index < -0.39 is 0 Å². The van der Waals surface area contributed by atoms with Crippen LogP contribution in [0.4, 0.5) is 5.69 Å². The molecule has 0 unspecified atom stereocenters. The number of thioether (sulfide) groups is 1. The molecule has 0 bridgehead atoms. The minimum Gasteiger partial charge on any atom is -0.325 e. The van der Waals surface area contributed by atoms with Crippen LogP contribution in [-0.4, -0.2) is 11.2 Å². The molecule has 1 N–H and O–H groups in total. The summed E-state index contributed by atoms with van der Waals surface area (Å²) in [4.78, 5) is 13.4. The lowest BCUT2D eigenvalue weighted by atomic mass is 10.1. The fourth-order valence-electron chi connectivity index (χ4n) is 1.94. The number of hydrogen-bond donors (Lipinski definition) is 1. The average Bonchev–Trinajstić information content (AvgIpc) is 2.45. The molecule has 0 aliphatic rings. The van der Waals surface area contributed by atoms with E-state index in [0.29, 0.717) is 0 Å². The lowest BCUT2D eigenvalue weighted by Gasteiger charge is -2.13. The van der Waals surface area contributed by atoms with Crippen molar-refractivity contribution >= 4 is 23.4 Å². The molecule has 2 nitrogen and oxygen atoms in total. The fraction of sp³-hybridized carbons (Fsp3) is 0.278. The van der Waals surface area contributed by atoms with Gasteiger partial charge in [-0.25, -0.2) is 0 Å². The summed E-state index contributed by atoms with van der Waals surface area (Å²) >= 11 is 1.57. The van der Waals surface area contributed by atoms with Crippen molar-refractivity contribution in [2.75, 3.05) is 5.32 Å². The molecule has 2 aromatic rings. The number of nitrogens with one attached hydrogen (secondary N) is 1. The van der Waals surface area contributed by atoms with Crippen LogP contribution >= 0.6 is 11.8 Å². The van der Waals surface area contributed by atoms with E-state index in [4.69, 9.17) is 0 Å². The van der Waals surface area contributed by atoms with Crippen LogP contribution in [0.25, 0.3) is 0 Å². The van der Waals surface area contributed by atoms with Crippen LogP contribution in [0.1, 0.15) is 23.6 Å². The molecule has 0 saturated carbocycles. The van der Waals surface area contributed by atoms with Crippen LogP contribution in [-0.2, 0) is 4.79 Å². The molecular weight excluding hydrogens is 278 g/mol. The standard InChI is InChI=1S/C18H21NOS/c1-12-5-9-17(10-6-12)21-15(4)18(20)19-16-8-7-13(2)14(3)11-16/h5-11,15H,1-4H3,(H,19,20)/t15-/m0/s1. The van der Waals surface area contributed by atoms with E-state index in [2.05, 4.69) is 50.4 Å². The Kier molecular flexibility index (Phi) is 5.07. The largest absolute Gasteiger partial charge is 0.325 e. The molecule has 0 aliphatic heterocycles. The van der Waals surface area contributed by atoms with E-state index in [1.165, 1.54) is 16.7 Å². The maximum Gasteiger partial charge on any atom is 0.237 e. The Morgan fingerprint density at radius 2 is 1.67 bits per heavy atom. The predicted molar refractivity (Wildman–Crippen MR) is 91.0 cm³/mol. The van der Waals surface area contributed by atoms with Crippen molar-refractivity contribution in [3.63, 3.8) is 0 Å². The van der Waals surface area contributed by atoms with Gasteiger partial charge in [0.05, 0.1) is 5.25 Å². The van der Waals surface area contributed by atoms with Crippen molar-refractivity contribution in [3.8, 4) is 0 Å². The molecule has 0 aliphatic carbocycles. The van der Waals surface area contributed by atoms with Crippen molar-refractivity contribution < 1.29 is 4.79 Å². The smallest absolute Gasteiger partial charge is 0.237 e. The van der Waals surface area contributed by atoms with Crippen molar-refractivity contribution in [1.29, 1.82) is 0 Å². The number of rotatable bonds is 4. The Balaban J connectivity index is 1.98. The first-order valence-electron chi connectivity index (χ1n) is 7.07. The molecule has 0 spiro atoms. The Hall–Kier alpha value is -1.74. The summed E-state index contributed by atoms with van der Waals surface area (Å²) in [5.74, 6) is 0.0313. The van der Waals surface area contributed by atoms with Gasteiger partial charge in [0.1, 0.15) is 0 Å². The quantitative estimate of drug-likeness (QED) is 0.827. The summed E-state index contributed by atoms with van der Waals surface area (Å²) in [6.07, 6.45) is 0. The monoisotopic (exact) mass is 299 g/mol. The van der Waals surface area contributed by atoms with Crippen LogP contribution in [0.5, 0.6) is 0 Å². The first kappa shape index (κ1) is 15.6. The van der Waals surface area contributed by atoms with Gasteiger partial charge in [-0.05, 0) is 63.1 Å². The van der Waals surface area contributed by atoms with E-state index >= 15 is 0 Å². The summed E-state index contributed by atoms with van der Waals surface area (Å²) in [6, 6.07) is 14.2. The number of carbonyl (C=O) groups is 1. The normalized spacial score (nSPS) is 12.0. The van der Waals surface area contributed by atoms with Gasteiger partial charge in [0.2, 0.25) is 5.91 Å². The summed E-state index contributed by atoms with van der Waals surface area (Å²) in [7, 11) is 0. The van der Waals surface area contributed by atoms with Crippen molar-refractivity contribution in [3.05, 3.63) is 59.2 Å². The molecule has 0 aromatic heterocycles. The van der Waals surface area contributed by atoms with Crippen LogP contribution in [0.2, 0.25) is 0 Å². The molecule has 0 saturated heterocycles. The Morgan fingerprint density at radius 1 is 1.00 bits per heavy atom. The molecular formula is C18H21NOS. The third-order valence-electron chi connectivity index (χ3n) is 3.48. The van der Waals surface area contributed by atoms with Gasteiger partial charge in [0.25, 0.3) is 0 Å². The van der Waals surface area contributed by atoms with E-state index in [-0.39, 0.29) is 11.2 Å². The minimum atomic E-state index is -0.130.